The van der Waals surface area contributed by atoms with Crippen LogP contribution < -0.4 is 10.6 Å². The number of amides is 1. The van der Waals surface area contributed by atoms with E-state index in [1.807, 2.05) is 0 Å². The number of hydrogen-bond acceptors (Lipinski definition) is 2. The molecule has 1 aliphatic rings. The van der Waals surface area contributed by atoms with Crippen LogP contribution in [0.5, 0.6) is 0 Å². The van der Waals surface area contributed by atoms with Gasteiger partial charge in [-0.15, -0.1) is 11.3 Å². The van der Waals surface area contributed by atoms with Gasteiger partial charge in [0.1, 0.15) is 6.04 Å². The molecular weight excluding hydrogens is 256 g/mol. The van der Waals surface area contributed by atoms with Gasteiger partial charge in [0.2, 0.25) is 0 Å². The van der Waals surface area contributed by atoms with Crippen molar-refractivity contribution < 1.29 is 10.1 Å². The molecule has 4 heteroatoms. The number of hydrogen-bond donors (Lipinski definition) is 2. The van der Waals surface area contributed by atoms with E-state index in [4.69, 9.17) is 0 Å². The van der Waals surface area contributed by atoms with Gasteiger partial charge in [-0.2, -0.15) is 0 Å². The number of thiophene rings is 1. The largest absolute Gasteiger partial charge is 0.348 e. The first kappa shape index (κ1) is 14.5. The summed E-state index contributed by atoms with van der Waals surface area (Å²) in [5.41, 5.74) is 0. The first-order valence-electron chi connectivity index (χ1n) is 7.33. The van der Waals surface area contributed by atoms with E-state index in [2.05, 4.69) is 42.0 Å². The summed E-state index contributed by atoms with van der Waals surface area (Å²) < 4.78 is 0. The van der Waals surface area contributed by atoms with Gasteiger partial charge in [-0.05, 0) is 37.1 Å². The fraction of sp³-hybridized carbons (Fsp3) is 0.667. The van der Waals surface area contributed by atoms with Gasteiger partial charge in [0, 0.05) is 6.04 Å². The highest BCUT2D eigenvalue weighted by atomic mass is 32.1. The van der Waals surface area contributed by atoms with Crippen molar-refractivity contribution in [1.82, 2.24) is 5.32 Å². The molecule has 3 atom stereocenters. The van der Waals surface area contributed by atoms with Gasteiger partial charge in [0.05, 0.1) is 4.88 Å². The van der Waals surface area contributed by atoms with Gasteiger partial charge in [0.25, 0.3) is 5.91 Å². The summed E-state index contributed by atoms with van der Waals surface area (Å²) in [5, 5.41) is 7.41. The molecule has 0 aliphatic heterocycles. The maximum Gasteiger partial charge on any atom is 0.275 e. The Bertz CT molecular complexity index is 391. The zero-order valence-electron chi connectivity index (χ0n) is 11.9. The third-order valence-electron chi connectivity index (χ3n) is 4.11. The molecule has 0 aromatic carbocycles. The molecule has 3 N–H and O–H groups in total. The number of nitrogens with one attached hydrogen (secondary N) is 1. The lowest BCUT2D eigenvalue weighted by Crippen LogP contribution is -2.87. The van der Waals surface area contributed by atoms with Gasteiger partial charge >= 0.3 is 0 Å². The molecule has 0 spiro atoms. The molecule has 1 heterocycles. The van der Waals surface area contributed by atoms with Crippen molar-refractivity contribution in [3.8, 4) is 0 Å². The smallest absolute Gasteiger partial charge is 0.275 e. The summed E-state index contributed by atoms with van der Waals surface area (Å²) in [6, 6.07) is 4.96. The maximum absolute atomic E-state index is 12.0. The summed E-state index contributed by atoms with van der Waals surface area (Å²) in [5.74, 6) is 0.814. The number of nitrogens with two attached hydrogens (primary N) is 1. The van der Waals surface area contributed by atoms with Crippen LogP contribution in [-0.2, 0) is 4.79 Å². The molecule has 1 aliphatic carbocycles. The summed E-state index contributed by atoms with van der Waals surface area (Å²) in [6.45, 7) is 4.94. The van der Waals surface area contributed by atoms with Gasteiger partial charge in [-0.25, -0.2) is 0 Å². The monoisotopic (exact) mass is 281 g/mol. The zero-order valence-corrected chi connectivity index (χ0v) is 12.7. The van der Waals surface area contributed by atoms with Crippen molar-refractivity contribution in [1.29, 1.82) is 0 Å². The zero-order chi connectivity index (χ0) is 13.7. The van der Waals surface area contributed by atoms with Crippen molar-refractivity contribution in [3.63, 3.8) is 0 Å². The fourth-order valence-corrected chi connectivity index (χ4v) is 3.53. The maximum atomic E-state index is 12.0. The van der Waals surface area contributed by atoms with Crippen LogP contribution in [0.1, 0.15) is 50.4 Å². The van der Waals surface area contributed by atoms with Crippen molar-refractivity contribution in [2.24, 2.45) is 5.92 Å². The molecule has 0 bridgehead atoms. The predicted octanol–water partition coefficient (Wildman–Crippen LogP) is 2.07. The summed E-state index contributed by atoms with van der Waals surface area (Å²) in [7, 11) is 0. The van der Waals surface area contributed by atoms with Crippen LogP contribution in [0.15, 0.2) is 17.5 Å². The summed E-state index contributed by atoms with van der Waals surface area (Å²) in [4.78, 5) is 13.3. The molecule has 1 amide bonds. The Morgan fingerprint density at radius 2 is 2.32 bits per heavy atom. The van der Waals surface area contributed by atoms with E-state index in [-0.39, 0.29) is 5.91 Å². The van der Waals surface area contributed by atoms with Crippen LogP contribution in [0.25, 0.3) is 0 Å². The standard InChI is InChI=1S/C15H24N2OS/c1-11-6-3-4-7-13(11)17-15(18)10-16-12(2)14-8-5-9-19-14/h5,8-9,11-13,16H,3-4,6-7,10H2,1-2H3,(H,17,18)/p+1/t11-,12+,13+/m1/s1. The minimum absolute atomic E-state index is 0.183. The number of carbonyl (C=O) groups excluding carboxylic acids is 1. The molecule has 19 heavy (non-hydrogen) atoms. The first-order chi connectivity index (χ1) is 9.16. The second kappa shape index (κ2) is 7.06. The highest BCUT2D eigenvalue weighted by Gasteiger charge is 2.23. The fourth-order valence-electron chi connectivity index (χ4n) is 2.75. The molecule has 1 aromatic heterocycles. The Labute approximate surface area is 119 Å². The molecular formula is C15H25N2OS+. The predicted molar refractivity (Wildman–Crippen MR) is 79.1 cm³/mol. The van der Waals surface area contributed by atoms with Crippen LogP contribution in [0.2, 0.25) is 0 Å². The molecule has 0 radical (unpaired) electrons. The Kier molecular flexibility index (Phi) is 5.40. The van der Waals surface area contributed by atoms with Crippen LogP contribution >= 0.6 is 11.3 Å². The highest BCUT2D eigenvalue weighted by Crippen LogP contribution is 2.23. The van der Waals surface area contributed by atoms with E-state index in [1.165, 1.54) is 24.1 Å². The normalized spacial score (nSPS) is 24.9. The minimum Gasteiger partial charge on any atom is -0.348 e. The van der Waals surface area contributed by atoms with E-state index in [0.717, 1.165) is 6.42 Å². The average molecular weight is 281 g/mol. The molecule has 1 aromatic rings. The van der Waals surface area contributed by atoms with Crippen molar-refractivity contribution in [2.45, 2.75) is 51.6 Å². The van der Waals surface area contributed by atoms with Crippen molar-refractivity contribution >= 4 is 17.2 Å². The lowest BCUT2D eigenvalue weighted by molar-refractivity contribution is -0.682. The van der Waals surface area contributed by atoms with Crippen LogP contribution in [0.4, 0.5) is 0 Å². The molecule has 0 unspecified atom stereocenters. The Morgan fingerprint density at radius 3 is 3.00 bits per heavy atom. The second-order valence-electron chi connectivity index (χ2n) is 5.68. The lowest BCUT2D eigenvalue weighted by atomic mass is 9.86. The van der Waals surface area contributed by atoms with Gasteiger partial charge < -0.3 is 10.6 Å². The number of quaternary nitrogens is 1. The third-order valence-corrected chi connectivity index (χ3v) is 5.18. The Hall–Kier alpha value is -0.870. The van der Waals surface area contributed by atoms with Crippen molar-refractivity contribution in [2.75, 3.05) is 6.54 Å². The van der Waals surface area contributed by atoms with E-state index in [0.29, 0.717) is 24.5 Å². The molecule has 2 rings (SSSR count). The second-order valence-corrected chi connectivity index (χ2v) is 6.66. The van der Waals surface area contributed by atoms with Gasteiger partial charge in [-0.3, -0.25) is 4.79 Å². The molecule has 1 fully saturated rings. The SMILES string of the molecule is C[C@H]([NH2+]CC(=O)N[C@H]1CCCC[C@H]1C)c1cccs1. The Balaban J connectivity index is 1.72. The van der Waals surface area contributed by atoms with E-state index >= 15 is 0 Å². The number of carbonyl (C=O) groups is 1. The summed E-state index contributed by atoms with van der Waals surface area (Å²) in [6.07, 6.45) is 4.97. The molecule has 0 saturated heterocycles. The molecule has 3 nitrogen and oxygen atoms in total. The van der Waals surface area contributed by atoms with Crippen LogP contribution in [0, 0.1) is 5.92 Å². The molecule has 1 saturated carbocycles. The van der Waals surface area contributed by atoms with E-state index in [1.54, 1.807) is 11.3 Å². The van der Waals surface area contributed by atoms with Crippen molar-refractivity contribution in [3.05, 3.63) is 22.4 Å². The average Bonchev–Trinajstić information content (AvgIpc) is 2.93. The quantitative estimate of drug-likeness (QED) is 0.852. The van der Waals surface area contributed by atoms with Gasteiger partial charge in [0.15, 0.2) is 6.54 Å². The van der Waals surface area contributed by atoms with E-state index < -0.39 is 0 Å². The topological polar surface area (TPSA) is 45.7 Å². The number of rotatable bonds is 5. The van der Waals surface area contributed by atoms with Crippen LogP contribution in [-0.4, -0.2) is 18.5 Å². The van der Waals surface area contributed by atoms with E-state index in [9.17, 15) is 4.79 Å². The van der Waals surface area contributed by atoms with Gasteiger partial charge in [-0.1, -0.05) is 25.8 Å². The third kappa shape index (κ3) is 4.32. The van der Waals surface area contributed by atoms with Crippen LogP contribution in [0.3, 0.4) is 0 Å². The Morgan fingerprint density at radius 1 is 1.53 bits per heavy atom. The molecule has 106 valence electrons. The minimum atomic E-state index is 0.183. The summed E-state index contributed by atoms with van der Waals surface area (Å²) >= 11 is 1.76. The highest BCUT2D eigenvalue weighted by molar-refractivity contribution is 7.10. The lowest BCUT2D eigenvalue weighted by Gasteiger charge is -2.29. The first-order valence-corrected chi connectivity index (χ1v) is 8.21.